The molecule has 0 bridgehead atoms. The lowest BCUT2D eigenvalue weighted by Gasteiger charge is -2.11. The number of carbonyl (C=O) groups excluding carboxylic acids is 1. The molecule has 0 unspecified atom stereocenters. The number of carbonyl (C=O) groups is 1. The van der Waals surface area contributed by atoms with E-state index in [4.69, 9.17) is 0 Å². The van der Waals surface area contributed by atoms with Gasteiger partial charge in [0.15, 0.2) is 0 Å². The minimum Gasteiger partial charge on any atom is -0.363 e. The molecule has 6 heteroatoms. The number of pyridine rings is 1. The van der Waals surface area contributed by atoms with Crippen molar-refractivity contribution in [3.8, 4) is 0 Å². The minimum absolute atomic E-state index is 0.247. The van der Waals surface area contributed by atoms with Gasteiger partial charge in [0.05, 0.1) is 0 Å². The molecule has 1 aromatic rings. The second-order valence-corrected chi connectivity index (χ2v) is 4.60. The van der Waals surface area contributed by atoms with Crippen LogP contribution in [0.1, 0.15) is 26.3 Å². The minimum atomic E-state index is -0.792. The monoisotopic (exact) mass is 274 g/mol. The van der Waals surface area contributed by atoms with Crippen LogP contribution in [0.2, 0.25) is 0 Å². The highest BCUT2D eigenvalue weighted by Gasteiger charge is 2.08. The van der Waals surface area contributed by atoms with E-state index in [2.05, 4.69) is 15.2 Å². The highest BCUT2D eigenvalue weighted by molar-refractivity contribution is 6.00. The lowest BCUT2D eigenvalue weighted by Crippen LogP contribution is -2.10. The molecule has 1 amide bonds. The molecular weight excluding hydrogens is 256 g/mol. The zero-order valence-electron chi connectivity index (χ0n) is 12.3. The fourth-order valence-electron chi connectivity index (χ4n) is 1.49. The largest absolute Gasteiger partial charge is 0.363 e. The van der Waals surface area contributed by atoms with Gasteiger partial charge in [-0.15, -0.1) is 4.91 Å². The standard InChI is InChI=1S/C14H18N4O2/c1-9(14(19)17-20)10(2)16-11(3)12-6-7-13(15-8-12)18(4)5/h6-8H,1-5H3/b10-9+,16-11?. The Morgan fingerprint density at radius 2 is 1.85 bits per heavy atom. The zero-order valence-corrected chi connectivity index (χ0v) is 12.3. The zero-order chi connectivity index (χ0) is 15.3. The number of aromatic nitrogens is 1. The van der Waals surface area contributed by atoms with Crippen molar-refractivity contribution in [2.24, 2.45) is 10.2 Å². The summed E-state index contributed by atoms with van der Waals surface area (Å²) in [5.74, 6) is 0.0606. The second kappa shape index (κ2) is 6.70. The first-order chi connectivity index (χ1) is 9.36. The molecule has 0 fully saturated rings. The van der Waals surface area contributed by atoms with E-state index in [1.165, 1.54) is 6.92 Å². The summed E-state index contributed by atoms with van der Waals surface area (Å²) in [6.07, 6.45) is 1.72. The molecule has 6 nitrogen and oxygen atoms in total. The summed E-state index contributed by atoms with van der Waals surface area (Å²) in [7, 11) is 3.83. The van der Waals surface area contributed by atoms with E-state index in [1.807, 2.05) is 38.1 Å². The number of hydrogen-bond donors (Lipinski definition) is 0. The lowest BCUT2D eigenvalue weighted by molar-refractivity contribution is -0.114. The Morgan fingerprint density at radius 3 is 2.30 bits per heavy atom. The third-order valence-corrected chi connectivity index (χ3v) is 2.91. The van der Waals surface area contributed by atoms with Gasteiger partial charge in [-0.25, -0.2) is 4.98 Å². The van der Waals surface area contributed by atoms with Crippen LogP contribution in [-0.4, -0.2) is 30.7 Å². The molecule has 0 aliphatic heterocycles. The van der Waals surface area contributed by atoms with Gasteiger partial charge in [0.1, 0.15) is 5.82 Å². The van der Waals surface area contributed by atoms with Crippen molar-refractivity contribution in [3.05, 3.63) is 40.1 Å². The first-order valence-corrected chi connectivity index (χ1v) is 6.11. The van der Waals surface area contributed by atoms with Gasteiger partial charge < -0.3 is 4.90 Å². The predicted molar refractivity (Wildman–Crippen MR) is 80.0 cm³/mol. The highest BCUT2D eigenvalue weighted by Crippen LogP contribution is 2.12. The molecule has 0 radical (unpaired) electrons. The van der Waals surface area contributed by atoms with Crippen LogP contribution in [0.4, 0.5) is 5.82 Å². The smallest absolute Gasteiger partial charge is 0.314 e. The summed E-state index contributed by atoms with van der Waals surface area (Å²) in [5.41, 5.74) is 2.30. The van der Waals surface area contributed by atoms with Crippen molar-refractivity contribution in [2.45, 2.75) is 20.8 Å². The van der Waals surface area contributed by atoms with Crippen molar-refractivity contribution in [1.29, 1.82) is 0 Å². The third-order valence-electron chi connectivity index (χ3n) is 2.91. The van der Waals surface area contributed by atoms with E-state index in [1.54, 1.807) is 13.1 Å². The van der Waals surface area contributed by atoms with Crippen LogP contribution in [0.15, 0.2) is 39.8 Å². The van der Waals surface area contributed by atoms with E-state index in [9.17, 15) is 9.70 Å². The van der Waals surface area contributed by atoms with Crippen molar-refractivity contribution in [3.63, 3.8) is 0 Å². The molecular formula is C14H18N4O2. The third kappa shape index (κ3) is 3.81. The average molecular weight is 274 g/mol. The Balaban J connectivity index is 3.05. The van der Waals surface area contributed by atoms with Crippen LogP contribution in [0.25, 0.3) is 0 Å². The average Bonchev–Trinajstić information content (AvgIpc) is 2.45. The Labute approximate surface area is 118 Å². The van der Waals surface area contributed by atoms with E-state index >= 15 is 0 Å². The lowest BCUT2D eigenvalue weighted by atomic mass is 10.2. The summed E-state index contributed by atoms with van der Waals surface area (Å²) >= 11 is 0. The first kappa shape index (κ1) is 15.7. The molecule has 1 rings (SSSR count). The number of allylic oxidation sites excluding steroid dienone is 1. The molecule has 0 aliphatic rings. The molecule has 1 heterocycles. The molecule has 20 heavy (non-hydrogen) atoms. The van der Waals surface area contributed by atoms with Gasteiger partial charge in [-0.2, -0.15) is 0 Å². The van der Waals surface area contributed by atoms with Crippen molar-refractivity contribution in [1.82, 2.24) is 4.98 Å². The summed E-state index contributed by atoms with van der Waals surface area (Å²) in [6.45, 7) is 5.02. The van der Waals surface area contributed by atoms with Gasteiger partial charge in [-0.1, -0.05) is 0 Å². The molecule has 0 N–H and O–H groups in total. The number of hydrogen-bond acceptors (Lipinski definition) is 5. The molecule has 0 aliphatic carbocycles. The van der Waals surface area contributed by atoms with Crippen molar-refractivity contribution >= 4 is 17.4 Å². The number of rotatable bonds is 4. The van der Waals surface area contributed by atoms with E-state index in [0.29, 0.717) is 5.70 Å². The Hall–Kier alpha value is -2.37. The molecule has 0 saturated carbocycles. The topological polar surface area (TPSA) is 75.0 Å². The van der Waals surface area contributed by atoms with Gasteiger partial charge in [-0.05, 0) is 32.9 Å². The van der Waals surface area contributed by atoms with E-state index in [0.717, 1.165) is 17.1 Å². The summed E-state index contributed by atoms with van der Waals surface area (Å²) < 4.78 is 0. The number of aliphatic imine (C=N–C) groups is 1. The maximum atomic E-state index is 11.2. The summed E-state index contributed by atoms with van der Waals surface area (Å²) in [4.78, 5) is 31.9. The maximum Gasteiger partial charge on any atom is 0.314 e. The van der Waals surface area contributed by atoms with Crippen LogP contribution in [0, 0.1) is 4.91 Å². The Bertz CT molecular complexity index is 571. The van der Waals surface area contributed by atoms with Gasteiger partial charge in [0.25, 0.3) is 0 Å². The number of nitrogens with zero attached hydrogens (tertiary/aromatic N) is 4. The SMILES string of the molecule is CC(=N/C(C)=C(\C)C(=O)N=O)c1ccc(N(C)C)nc1. The predicted octanol–water partition coefficient (Wildman–Crippen LogP) is 2.54. The molecule has 0 atom stereocenters. The Kier molecular flexibility index (Phi) is 5.25. The molecule has 106 valence electrons. The molecule has 0 saturated heterocycles. The van der Waals surface area contributed by atoms with Gasteiger partial charge in [-0.3, -0.25) is 9.79 Å². The molecule has 0 aromatic carbocycles. The summed E-state index contributed by atoms with van der Waals surface area (Å²) in [6, 6.07) is 3.79. The normalized spacial score (nSPS) is 12.8. The molecule has 1 aromatic heterocycles. The van der Waals surface area contributed by atoms with Gasteiger partial charge in [0, 0.05) is 48.0 Å². The van der Waals surface area contributed by atoms with Crippen molar-refractivity contribution < 1.29 is 4.79 Å². The van der Waals surface area contributed by atoms with Crippen LogP contribution in [0.5, 0.6) is 0 Å². The van der Waals surface area contributed by atoms with Crippen LogP contribution < -0.4 is 4.90 Å². The fourth-order valence-corrected chi connectivity index (χ4v) is 1.49. The quantitative estimate of drug-likeness (QED) is 0.480. The van der Waals surface area contributed by atoms with Crippen LogP contribution in [-0.2, 0) is 4.79 Å². The van der Waals surface area contributed by atoms with E-state index in [-0.39, 0.29) is 5.57 Å². The number of anilines is 1. The highest BCUT2D eigenvalue weighted by atomic mass is 16.3. The first-order valence-electron chi connectivity index (χ1n) is 6.11. The molecule has 0 spiro atoms. The fraction of sp³-hybridized carbons (Fsp3) is 0.357. The van der Waals surface area contributed by atoms with E-state index < -0.39 is 5.91 Å². The second-order valence-electron chi connectivity index (χ2n) is 4.60. The van der Waals surface area contributed by atoms with Gasteiger partial charge >= 0.3 is 5.91 Å². The Morgan fingerprint density at radius 1 is 1.20 bits per heavy atom. The van der Waals surface area contributed by atoms with Gasteiger partial charge in [0.2, 0.25) is 0 Å². The van der Waals surface area contributed by atoms with Crippen molar-refractivity contribution in [2.75, 3.05) is 19.0 Å². The number of nitroso groups, excluding NO2 is 1. The summed E-state index contributed by atoms with van der Waals surface area (Å²) in [5, 5.41) is 2.39. The van der Waals surface area contributed by atoms with Crippen LogP contribution >= 0.6 is 0 Å². The number of amides is 1. The maximum absolute atomic E-state index is 11.2. The van der Waals surface area contributed by atoms with Crippen LogP contribution in [0.3, 0.4) is 0 Å².